The Hall–Kier alpha value is -4.52. The molecule has 3 rings (SSSR count). The molecule has 0 radical (unpaired) electrons. The van der Waals surface area contributed by atoms with Gasteiger partial charge in [-0.3, -0.25) is 9.59 Å². The molecule has 12 heteroatoms. The molecule has 1 aromatic carbocycles. The van der Waals surface area contributed by atoms with Gasteiger partial charge in [0.2, 0.25) is 11.8 Å². The summed E-state index contributed by atoms with van der Waals surface area (Å²) in [5.41, 5.74) is 0.407. The van der Waals surface area contributed by atoms with E-state index in [1.54, 1.807) is 0 Å². The molecule has 6 N–H and O–H groups in total. The van der Waals surface area contributed by atoms with Crippen molar-refractivity contribution in [3.05, 3.63) is 67.9 Å². The molecule has 2 amide bonds. The van der Waals surface area contributed by atoms with E-state index in [0.29, 0.717) is 11.4 Å². The van der Waals surface area contributed by atoms with E-state index in [4.69, 9.17) is 35.0 Å². The number of aromatic nitrogens is 2. The predicted molar refractivity (Wildman–Crippen MR) is 118 cm³/mol. The van der Waals surface area contributed by atoms with Crippen LogP contribution in [0.4, 0.5) is 11.4 Å². The highest BCUT2D eigenvalue weighted by Gasteiger charge is 2.16. The molecular formula is C20H12N6O4S2. The standard InChI is InChI=1S/C20H12N6O4S2/c21-7-9-5-13(17(29)25-19(9)31)15(27)23-11-1-2-12(4-3-11)24-16(28)14-6-10(8-22)20(32)26-18(14)30/h1-6H,(H,23,27)(H,24,28)(H2,25,29,31)(H2,26,30,32). The Morgan fingerprint density at radius 3 is 1.44 bits per heavy atom. The van der Waals surface area contributed by atoms with Crippen molar-refractivity contribution in [2.45, 2.75) is 0 Å². The first kappa shape index (κ1) is 22.2. The summed E-state index contributed by atoms with van der Waals surface area (Å²) in [6.45, 7) is 0. The molecule has 0 saturated heterocycles. The van der Waals surface area contributed by atoms with Crippen molar-refractivity contribution in [2.24, 2.45) is 0 Å². The molecule has 0 unspecified atom stereocenters. The topological polar surface area (TPSA) is 178 Å². The Balaban J connectivity index is 1.75. The van der Waals surface area contributed by atoms with Crippen LogP contribution in [0.1, 0.15) is 31.8 Å². The third-order valence-electron chi connectivity index (χ3n) is 4.17. The summed E-state index contributed by atoms with van der Waals surface area (Å²) >= 11 is 9.77. The van der Waals surface area contributed by atoms with Crippen molar-refractivity contribution in [1.82, 2.24) is 9.97 Å². The predicted octanol–water partition coefficient (Wildman–Crippen LogP) is 3.46. The van der Waals surface area contributed by atoms with Crippen molar-refractivity contribution in [2.75, 3.05) is 10.6 Å². The number of amides is 2. The number of carbonyl (C=O) groups excluding carboxylic acids is 2. The molecule has 3 aromatic rings. The number of aromatic hydroxyl groups is 2. The largest absolute Gasteiger partial charge is 0.494 e. The van der Waals surface area contributed by atoms with Crippen molar-refractivity contribution >= 4 is 47.6 Å². The van der Waals surface area contributed by atoms with E-state index in [0.717, 1.165) is 0 Å². The zero-order chi connectivity index (χ0) is 23.4. The van der Waals surface area contributed by atoms with E-state index in [1.807, 2.05) is 12.1 Å². The fourth-order valence-electron chi connectivity index (χ4n) is 2.59. The van der Waals surface area contributed by atoms with Gasteiger partial charge in [-0.1, -0.05) is 24.4 Å². The molecule has 0 aliphatic heterocycles. The van der Waals surface area contributed by atoms with Crippen LogP contribution < -0.4 is 10.6 Å². The number of benzene rings is 1. The van der Waals surface area contributed by atoms with Gasteiger partial charge in [0.25, 0.3) is 11.8 Å². The number of pyridine rings is 2. The Morgan fingerprint density at radius 1 is 0.781 bits per heavy atom. The number of carbonyl (C=O) groups is 2. The second-order valence-corrected chi connectivity index (χ2v) is 7.07. The molecule has 0 aliphatic carbocycles. The quantitative estimate of drug-likeness (QED) is 0.318. The number of H-pyrrole nitrogens is 2. The van der Waals surface area contributed by atoms with E-state index in [-0.39, 0.29) is 31.5 Å². The summed E-state index contributed by atoms with van der Waals surface area (Å²) in [6, 6.07) is 11.9. The lowest BCUT2D eigenvalue weighted by Gasteiger charge is -2.10. The van der Waals surface area contributed by atoms with E-state index >= 15 is 0 Å². The van der Waals surface area contributed by atoms with Gasteiger partial charge in [-0.25, -0.2) is 0 Å². The number of hydrogen-bond donors (Lipinski definition) is 6. The van der Waals surface area contributed by atoms with Gasteiger partial charge in [0, 0.05) is 11.4 Å². The van der Waals surface area contributed by atoms with Gasteiger partial charge in [0.15, 0.2) is 0 Å². The first-order valence-corrected chi connectivity index (χ1v) is 9.50. The molecule has 0 fully saturated rings. The molecular weight excluding hydrogens is 452 g/mol. The lowest BCUT2D eigenvalue weighted by atomic mass is 10.1. The van der Waals surface area contributed by atoms with Gasteiger partial charge in [0.05, 0.1) is 11.1 Å². The Bertz CT molecular complexity index is 1330. The van der Waals surface area contributed by atoms with Crippen LogP contribution in [-0.4, -0.2) is 32.0 Å². The monoisotopic (exact) mass is 464 g/mol. The molecule has 2 heterocycles. The van der Waals surface area contributed by atoms with Crippen molar-refractivity contribution in [1.29, 1.82) is 10.5 Å². The lowest BCUT2D eigenvalue weighted by molar-refractivity contribution is 0.101. The van der Waals surface area contributed by atoms with Crippen LogP contribution in [-0.2, 0) is 0 Å². The Labute approximate surface area is 190 Å². The van der Waals surface area contributed by atoms with E-state index in [1.165, 1.54) is 36.4 Å². The second kappa shape index (κ2) is 9.09. The molecule has 0 bridgehead atoms. The van der Waals surface area contributed by atoms with Gasteiger partial charge in [-0.15, -0.1) is 0 Å². The molecule has 0 aliphatic rings. The fraction of sp³-hybridized carbons (Fsp3) is 0. The van der Waals surface area contributed by atoms with Crippen LogP contribution in [0.15, 0.2) is 36.4 Å². The van der Waals surface area contributed by atoms with Crippen LogP contribution >= 0.6 is 24.4 Å². The molecule has 0 spiro atoms. The highest BCUT2D eigenvalue weighted by molar-refractivity contribution is 7.71. The van der Waals surface area contributed by atoms with Gasteiger partial charge in [-0.2, -0.15) is 10.5 Å². The van der Waals surface area contributed by atoms with Gasteiger partial charge in [0.1, 0.15) is 32.5 Å². The molecule has 0 saturated carbocycles. The normalized spacial score (nSPS) is 9.94. The third kappa shape index (κ3) is 4.62. The number of anilines is 2. The number of nitrogens with one attached hydrogen (secondary N) is 4. The highest BCUT2D eigenvalue weighted by atomic mass is 32.1. The van der Waals surface area contributed by atoms with Gasteiger partial charge in [-0.05, 0) is 36.4 Å². The molecule has 32 heavy (non-hydrogen) atoms. The minimum Gasteiger partial charge on any atom is -0.494 e. The fourth-order valence-corrected chi connectivity index (χ4v) is 2.99. The SMILES string of the molecule is N#Cc1cc(C(=O)Nc2ccc(NC(=O)c3cc(C#N)c(=S)[nH]c3O)cc2)c(O)[nH]c1=S. The number of nitrogens with zero attached hydrogens (tertiary/aromatic N) is 2. The third-order valence-corrected chi connectivity index (χ3v) is 4.82. The summed E-state index contributed by atoms with van der Waals surface area (Å²) in [5.74, 6) is -2.33. The maximum Gasteiger partial charge on any atom is 0.261 e. The van der Waals surface area contributed by atoms with Crippen LogP contribution in [0.3, 0.4) is 0 Å². The van der Waals surface area contributed by atoms with Gasteiger partial charge < -0.3 is 30.8 Å². The van der Waals surface area contributed by atoms with Gasteiger partial charge >= 0.3 is 0 Å². The summed E-state index contributed by atoms with van der Waals surface area (Å²) in [7, 11) is 0. The number of rotatable bonds is 4. The van der Waals surface area contributed by atoms with Crippen molar-refractivity contribution < 1.29 is 19.8 Å². The van der Waals surface area contributed by atoms with Crippen LogP contribution in [0, 0.1) is 31.9 Å². The van der Waals surface area contributed by atoms with Crippen LogP contribution in [0.2, 0.25) is 0 Å². The Morgan fingerprint density at radius 2 is 1.12 bits per heavy atom. The molecule has 10 nitrogen and oxygen atoms in total. The average molecular weight is 464 g/mol. The van der Waals surface area contributed by atoms with E-state index < -0.39 is 23.6 Å². The van der Waals surface area contributed by atoms with Crippen molar-refractivity contribution in [3.63, 3.8) is 0 Å². The first-order chi connectivity index (χ1) is 15.2. The van der Waals surface area contributed by atoms with Crippen molar-refractivity contribution in [3.8, 4) is 23.9 Å². The minimum atomic E-state index is -0.685. The van der Waals surface area contributed by atoms with Crippen LogP contribution in [0.25, 0.3) is 0 Å². The maximum atomic E-state index is 12.4. The molecule has 158 valence electrons. The highest BCUT2D eigenvalue weighted by Crippen LogP contribution is 2.21. The maximum absolute atomic E-state index is 12.4. The second-order valence-electron chi connectivity index (χ2n) is 6.26. The molecule has 0 atom stereocenters. The number of hydrogen-bond acceptors (Lipinski definition) is 8. The zero-order valence-corrected chi connectivity index (χ0v) is 17.5. The van der Waals surface area contributed by atoms with E-state index in [9.17, 15) is 19.8 Å². The van der Waals surface area contributed by atoms with Crippen LogP contribution in [0.5, 0.6) is 11.8 Å². The van der Waals surface area contributed by atoms with E-state index in [2.05, 4.69) is 20.6 Å². The summed E-state index contributed by atoms with van der Waals surface area (Å²) in [5, 5.41) is 42.9. The number of nitriles is 2. The lowest BCUT2D eigenvalue weighted by Crippen LogP contribution is -2.14. The molecule has 2 aromatic heterocycles. The Kier molecular flexibility index (Phi) is 6.30. The zero-order valence-electron chi connectivity index (χ0n) is 15.9. The summed E-state index contributed by atoms with van der Waals surface area (Å²) in [6.07, 6.45) is 0. The average Bonchev–Trinajstić information content (AvgIpc) is 2.75. The smallest absolute Gasteiger partial charge is 0.261 e. The first-order valence-electron chi connectivity index (χ1n) is 8.69. The minimum absolute atomic E-state index is 0.00881. The summed E-state index contributed by atoms with van der Waals surface area (Å²) in [4.78, 5) is 29.6. The summed E-state index contributed by atoms with van der Waals surface area (Å²) < 4.78 is 0.0176. The number of aromatic amines is 2.